The highest BCUT2D eigenvalue weighted by molar-refractivity contribution is 4.70. The van der Waals surface area contributed by atoms with Gasteiger partial charge in [-0.2, -0.15) is 0 Å². The smallest absolute Gasteiger partial charge is 0.0718 e. The molecule has 0 rings (SSSR count). The quantitative estimate of drug-likeness (QED) is 0.613. The third kappa shape index (κ3) is 7.78. The van der Waals surface area contributed by atoms with Crippen LogP contribution in [0.25, 0.3) is 0 Å². The van der Waals surface area contributed by atoms with E-state index in [1.807, 2.05) is 11.9 Å². The average molecular weight is 161 g/mol. The summed E-state index contributed by atoms with van der Waals surface area (Å²) in [6.45, 7) is 6.43. The van der Waals surface area contributed by atoms with Crippen LogP contribution < -0.4 is 0 Å². The minimum atomic E-state index is -0.677. The summed E-state index contributed by atoms with van der Waals surface area (Å²) in [5, 5.41) is 18.4. The molecular formula is C8H19NO2. The largest absolute Gasteiger partial charge is 0.392 e. The molecule has 0 saturated heterocycles. The van der Waals surface area contributed by atoms with E-state index in [9.17, 15) is 5.11 Å². The number of rotatable bonds is 4. The van der Waals surface area contributed by atoms with Gasteiger partial charge in [-0.1, -0.05) is 0 Å². The lowest BCUT2D eigenvalue weighted by Gasteiger charge is -2.26. The topological polar surface area (TPSA) is 43.7 Å². The highest BCUT2D eigenvalue weighted by Crippen LogP contribution is 2.02. The summed E-state index contributed by atoms with van der Waals surface area (Å²) in [5.41, 5.74) is -0.677. The molecular weight excluding hydrogens is 142 g/mol. The third-order valence-corrected chi connectivity index (χ3v) is 1.23. The Morgan fingerprint density at radius 1 is 1.45 bits per heavy atom. The summed E-state index contributed by atoms with van der Waals surface area (Å²) in [7, 11) is 1.88. The van der Waals surface area contributed by atoms with E-state index in [-0.39, 0.29) is 6.10 Å². The van der Waals surface area contributed by atoms with E-state index in [2.05, 4.69) is 0 Å². The maximum Gasteiger partial charge on any atom is 0.0718 e. The van der Waals surface area contributed by atoms with Crippen LogP contribution in [-0.2, 0) is 0 Å². The predicted molar refractivity (Wildman–Crippen MR) is 45.5 cm³/mol. The summed E-state index contributed by atoms with van der Waals surface area (Å²) in [6, 6.07) is 0. The molecule has 0 aromatic rings. The maximum absolute atomic E-state index is 9.38. The van der Waals surface area contributed by atoms with E-state index in [0.29, 0.717) is 13.1 Å². The summed E-state index contributed by atoms with van der Waals surface area (Å²) < 4.78 is 0. The molecule has 0 aliphatic rings. The van der Waals surface area contributed by atoms with Crippen molar-refractivity contribution < 1.29 is 10.2 Å². The zero-order valence-electron chi connectivity index (χ0n) is 7.83. The van der Waals surface area contributed by atoms with Crippen molar-refractivity contribution in [2.24, 2.45) is 0 Å². The van der Waals surface area contributed by atoms with Crippen LogP contribution >= 0.6 is 0 Å². The minimum absolute atomic E-state index is 0.331. The van der Waals surface area contributed by atoms with Crippen molar-refractivity contribution in [3.63, 3.8) is 0 Å². The van der Waals surface area contributed by atoms with E-state index < -0.39 is 5.60 Å². The first-order chi connectivity index (χ1) is 4.81. The Labute approximate surface area is 68.6 Å². The summed E-state index contributed by atoms with van der Waals surface area (Å²) in [5.74, 6) is 0. The van der Waals surface area contributed by atoms with Gasteiger partial charge < -0.3 is 15.1 Å². The van der Waals surface area contributed by atoms with Crippen molar-refractivity contribution in [2.45, 2.75) is 32.5 Å². The summed E-state index contributed by atoms with van der Waals surface area (Å²) >= 11 is 0. The van der Waals surface area contributed by atoms with Crippen molar-refractivity contribution in [3.05, 3.63) is 0 Å². The second-order valence-corrected chi connectivity index (χ2v) is 3.86. The molecule has 0 fully saturated rings. The van der Waals surface area contributed by atoms with E-state index in [1.54, 1.807) is 20.8 Å². The van der Waals surface area contributed by atoms with Gasteiger partial charge in [-0.05, 0) is 27.8 Å². The first-order valence-electron chi connectivity index (χ1n) is 3.90. The van der Waals surface area contributed by atoms with Crippen molar-refractivity contribution in [1.82, 2.24) is 4.90 Å². The molecule has 1 atom stereocenters. The van der Waals surface area contributed by atoms with E-state index in [4.69, 9.17) is 5.11 Å². The number of likely N-dealkylation sites (N-methyl/N-ethyl adjacent to an activating group) is 1. The molecule has 1 unspecified atom stereocenters. The Bertz CT molecular complexity index is 107. The summed E-state index contributed by atoms with van der Waals surface area (Å²) in [4.78, 5) is 1.91. The van der Waals surface area contributed by atoms with Gasteiger partial charge in [0.1, 0.15) is 0 Å². The van der Waals surface area contributed by atoms with E-state index in [0.717, 1.165) is 0 Å². The van der Waals surface area contributed by atoms with Crippen molar-refractivity contribution in [2.75, 3.05) is 20.1 Å². The fourth-order valence-electron chi connectivity index (χ4n) is 1.18. The van der Waals surface area contributed by atoms with Crippen molar-refractivity contribution in [1.29, 1.82) is 0 Å². The van der Waals surface area contributed by atoms with Crippen LogP contribution in [0.5, 0.6) is 0 Å². The molecule has 3 nitrogen and oxygen atoms in total. The van der Waals surface area contributed by atoms with Crippen molar-refractivity contribution in [3.8, 4) is 0 Å². The second kappa shape index (κ2) is 4.04. The molecule has 0 saturated carbocycles. The summed E-state index contributed by atoms with van der Waals surface area (Å²) in [6.07, 6.45) is -0.331. The fraction of sp³-hybridized carbons (Fsp3) is 1.00. The molecule has 0 bridgehead atoms. The van der Waals surface area contributed by atoms with E-state index in [1.165, 1.54) is 0 Å². The average Bonchev–Trinajstić information content (AvgIpc) is 1.53. The molecule has 0 aliphatic carbocycles. The Morgan fingerprint density at radius 3 is 2.18 bits per heavy atom. The molecule has 68 valence electrons. The number of hydrogen-bond acceptors (Lipinski definition) is 3. The molecule has 0 aromatic heterocycles. The van der Waals surface area contributed by atoms with Crippen LogP contribution in [0.4, 0.5) is 0 Å². The molecule has 3 heteroatoms. The molecule has 2 N–H and O–H groups in total. The lowest BCUT2D eigenvalue weighted by molar-refractivity contribution is 0.0313. The number of hydrogen-bond donors (Lipinski definition) is 2. The van der Waals surface area contributed by atoms with Gasteiger partial charge in [0.2, 0.25) is 0 Å². The second-order valence-electron chi connectivity index (χ2n) is 3.86. The SMILES string of the molecule is CC(O)CN(C)CC(C)(C)O. The van der Waals surface area contributed by atoms with E-state index >= 15 is 0 Å². The van der Waals surface area contributed by atoms with Gasteiger partial charge in [-0.3, -0.25) is 0 Å². The molecule has 0 aliphatic heterocycles. The zero-order valence-corrected chi connectivity index (χ0v) is 7.83. The Balaban J connectivity index is 3.61. The molecule has 0 aromatic carbocycles. The minimum Gasteiger partial charge on any atom is -0.392 e. The lowest BCUT2D eigenvalue weighted by Crippen LogP contribution is -2.39. The van der Waals surface area contributed by atoms with Gasteiger partial charge in [0.15, 0.2) is 0 Å². The van der Waals surface area contributed by atoms with Crippen LogP contribution in [0.1, 0.15) is 20.8 Å². The van der Waals surface area contributed by atoms with Crippen LogP contribution in [0.2, 0.25) is 0 Å². The number of aliphatic hydroxyl groups is 2. The van der Waals surface area contributed by atoms with Crippen molar-refractivity contribution >= 4 is 0 Å². The molecule has 0 radical (unpaired) electrons. The highest BCUT2D eigenvalue weighted by atomic mass is 16.3. The lowest BCUT2D eigenvalue weighted by atomic mass is 10.1. The molecule has 0 amide bonds. The molecule has 11 heavy (non-hydrogen) atoms. The maximum atomic E-state index is 9.38. The monoisotopic (exact) mass is 161 g/mol. The van der Waals surface area contributed by atoms with Gasteiger partial charge in [0.25, 0.3) is 0 Å². The molecule has 0 heterocycles. The standard InChI is InChI=1S/C8H19NO2/c1-7(10)5-9(4)6-8(2,3)11/h7,10-11H,5-6H2,1-4H3. The Hall–Kier alpha value is -0.120. The third-order valence-electron chi connectivity index (χ3n) is 1.23. The molecule has 0 spiro atoms. The van der Waals surface area contributed by atoms with Crippen LogP contribution in [0.15, 0.2) is 0 Å². The Morgan fingerprint density at radius 2 is 1.91 bits per heavy atom. The number of aliphatic hydroxyl groups excluding tert-OH is 1. The highest BCUT2D eigenvalue weighted by Gasteiger charge is 2.15. The first-order valence-corrected chi connectivity index (χ1v) is 3.90. The van der Waals surface area contributed by atoms with Gasteiger partial charge in [0.05, 0.1) is 11.7 Å². The zero-order chi connectivity index (χ0) is 9.07. The first kappa shape index (κ1) is 10.9. The van der Waals surface area contributed by atoms with Crippen LogP contribution in [-0.4, -0.2) is 47.0 Å². The van der Waals surface area contributed by atoms with Gasteiger partial charge >= 0.3 is 0 Å². The van der Waals surface area contributed by atoms with Gasteiger partial charge in [0, 0.05) is 13.1 Å². The number of nitrogens with zero attached hydrogens (tertiary/aromatic N) is 1. The fourth-order valence-corrected chi connectivity index (χ4v) is 1.18. The van der Waals surface area contributed by atoms with Gasteiger partial charge in [-0.25, -0.2) is 0 Å². The van der Waals surface area contributed by atoms with Crippen LogP contribution in [0, 0.1) is 0 Å². The van der Waals surface area contributed by atoms with Gasteiger partial charge in [-0.15, -0.1) is 0 Å². The Kier molecular flexibility index (Phi) is 4.00. The predicted octanol–water partition coefficient (Wildman–Crippen LogP) is 0.0699. The van der Waals surface area contributed by atoms with Crippen LogP contribution in [0.3, 0.4) is 0 Å². The normalized spacial score (nSPS) is 15.5.